The highest BCUT2D eigenvalue weighted by atomic mass is 79.9. The zero-order chi connectivity index (χ0) is 15.8. The lowest BCUT2D eigenvalue weighted by Gasteiger charge is -2.23. The van der Waals surface area contributed by atoms with Crippen molar-refractivity contribution < 1.29 is 9.32 Å². The Morgan fingerprint density at radius 1 is 1.26 bits per heavy atom. The Hall–Kier alpha value is -1.62. The molecular weight excluding hydrogens is 356 g/mol. The van der Waals surface area contributed by atoms with Crippen LogP contribution in [0.4, 0.5) is 0 Å². The van der Waals surface area contributed by atoms with Crippen molar-refractivity contribution in [2.75, 3.05) is 6.54 Å². The minimum Gasteiger partial charge on any atom is -0.360 e. The van der Waals surface area contributed by atoms with Crippen molar-refractivity contribution in [2.45, 2.75) is 44.1 Å². The van der Waals surface area contributed by atoms with Crippen LogP contribution in [0.25, 0.3) is 0 Å². The number of hydrogen-bond acceptors (Lipinski definition) is 3. The highest BCUT2D eigenvalue weighted by Gasteiger charge is 2.33. The standard InChI is InChI=1S/C18H19BrN2O2/c19-14-7-3-12(4-8-14)10-15-2-1-9-21(15)18(22)16-11-17(23-20-16)13-5-6-13/h3-4,7-8,11,13,15H,1-2,5-6,9-10H2/t15-/m1/s1. The second-order valence-electron chi connectivity index (χ2n) is 6.51. The van der Waals surface area contributed by atoms with Gasteiger partial charge >= 0.3 is 0 Å². The molecule has 1 saturated heterocycles. The number of hydrogen-bond donors (Lipinski definition) is 0. The Morgan fingerprint density at radius 2 is 2.04 bits per heavy atom. The van der Waals surface area contributed by atoms with Crippen LogP contribution in [0.5, 0.6) is 0 Å². The van der Waals surface area contributed by atoms with E-state index < -0.39 is 0 Å². The molecule has 1 aliphatic heterocycles. The van der Waals surface area contributed by atoms with Crippen molar-refractivity contribution in [3.05, 3.63) is 51.8 Å². The smallest absolute Gasteiger partial charge is 0.276 e. The summed E-state index contributed by atoms with van der Waals surface area (Å²) in [6.07, 6.45) is 5.30. The predicted molar refractivity (Wildman–Crippen MR) is 90.4 cm³/mol. The van der Waals surface area contributed by atoms with E-state index in [0.29, 0.717) is 11.6 Å². The van der Waals surface area contributed by atoms with Crippen LogP contribution >= 0.6 is 15.9 Å². The third-order valence-corrected chi connectivity index (χ3v) is 5.28. The van der Waals surface area contributed by atoms with Crippen LogP contribution in [0, 0.1) is 0 Å². The van der Waals surface area contributed by atoms with Gasteiger partial charge in [-0.2, -0.15) is 0 Å². The van der Waals surface area contributed by atoms with Crippen molar-refractivity contribution >= 4 is 21.8 Å². The second kappa shape index (κ2) is 6.11. The van der Waals surface area contributed by atoms with Crippen molar-refractivity contribution in [2.24, 2.45) is 0 Å². The number of likely N-dealkylation sites (tertiary alicyclic amines) is 1. The van der Waals surface area contributed by atoms with Crippen LogP contribution in [-0.2, 0) is 6.42 Å². The molecule has 2 fully saturated rings. The van der Waals surface area contributed by atoms with Crippen molar-refractivity contribution in [1.29, 1.82) is 0 Å². The van der Waals surface area contributed by atoms with E-state index in [1.165, 1.54) is 5.56 Å². The second-order valence-corrected chi connectivity index (χ2v) is 7.43. The van der Waals surface area contributed by atoms with Crippen LogP contribution in [0.2, 0.25) is 0 Å². The van der Waals surface area contributed by atoms with Gasteiger partial charge in [-0.05, 0) is 49.8 Å². The molecule has 0 unspecified atom stereocenters. The molecule has 1 aromatic carbocycles. The minimum atomic E-state index is 0.0141. The summed E-state index contributed by atoms with van der Waals surface area (Å²) >= 11 is 3.46. The topological polar surface area (TPSA) is 46.3 Å². The van der Waals surface area contributed by atoms with Gasteiger partial charge in [-0.1, -0.05) is 33.2 Å². The molecule has 1 aliphatic carbocycles. The summed E-state index contributed by atoms with van der Waals surface area (Å²) in [6.45, 7) is 0.811. The Bertz CT molecular complexity index is 706. The molecule has 1 saturated carbocycles. The molecule has 4 rings (SSSR count). The first-order valence-corrected chi connectivity index (χ1v) is 9.02. The zero-order valence-corrected chi connectivity index (χ0v) is 14.5. The molecule has 1 amide bonds. The highest BCUT2D eigenvalue weighted by molar-refractivity contribution is 9.10. The number of nitrogens with zero attached hydrogens (tertiary/aromatic N) is 2. The summed E-state index contributed by atoms with van der Waals surface area (Å²) in [5.74, 6) is 1.37. The van der Waals surface area contributed by atoms with Gasteiger partial charge in [0.1, 0.15) is 5.76 Å². The third kappa shape index (κ3) is 3.20. The van der Waals surface area contributed by atoms with Gasteiger partial charge in [0.2, 0.25) is 0 Å². The average Bonchev–Trinajstić information content (AvgIpc) is 3.11. The van der Waals surface area contributed by atoms with Gasteiger partial charge in [0.05, 0.1) is 0 Å². The number of rotatable bonds is 4. The Morgan fingerprint density at radius 3 is 2.78 bits per heavy atom. The molecule has 0 bridgehead atoms. The van der Waals surface area contributed by atoms with E-state index in [4.69, 9.17) is 4.52 Å². The first kappa shape index (κ1) is 14.9. The predicted octanol–water partition coefficient (Wildman–Crippen LogP) is 4.16. The van der Waals surface area contributed by atoms with Gasteiger partial charge in [-0.25, -0.2) is 0 Å². The summed E-state index contributed by atoms with van der Waals surface area (Å²) in [6, 6.07) is 10.4. The molecule has 0 spiro atoms. The molecule has 2 aromatic rings. The summed E-state index contributed by atoms with van der Waals surface area (Å²) in [5, 5.41) is 4.00. The van der Waals surface area contributed by atoms with E-state index in [0.717, 1.165) is 48.9 Å². The van der Waals surface area contributed by atoms with E-state index in [-0.39, 0.29) is 11.9 Å². The van der Waals surface area contributed by atoms with E-state index in [2.05, 4.69) is 45.4 Å². The lowest BCUT2D eigenvalue weighted by molar-refractivity contribution is 0.0726. The van der Waals surface area contributed by atoms with E-state index in [9.17, 15) is 4.79 Å². The average molecular weight is 375 g/mol. The first-order chi connectivity index (χ1) is 11.2. The molecule has 1 aromatic heterocycles. The van der Waals surface area contributed by atoms with Crippen LogP contribution in [0.3, 0.4) is 0 Å². The minimum absolute atomic E-state index is 0.0141. The largest absolute Gasteiger partial charge is 0.360 e. The Balaban J connectivity index is 1.47. The lowest BCUT2D eigenvalue weighted by Crippen LogP contribution is -2.37. The summed E-state index contributed by atoms with van der Waals surface area (Å²) in [7, 11) is 0. The number of carbonyl (C=O) groups is 1. The maximum absolute atomic E-state index is 12.8. The molecule has 2 heterocycles. The van der Waals surface area contributed by atoms with Gasteiger partial charge < -0.3 is 9.42 Å². The third-order valence-electron chi connectivity index (χ3n) is 4.75. The lowest BCUT2D eigenvalue weighted by atomic mass is 10.0. The zero-order valence-electron chi connectivity index (χ0n) is 12.9. The fraction of sp³-hybridized carbons (Fsp3) is 0.444. The van der Waals surface area contributed by atoms with Gasteiger partial charge in [0.25, 0.3) is 5.91 Å². The maximum Gasteiger partial charge on any atom is 0.276 e. The molecule has 2 aliphatic rings. The quantitative estimate of drug-likeness (QED) is 0.806. The fourth-order valence-corrected chi connectivity index (χ4v) is 3.57. The van der Waals surface area contributed by atoms with Gasteiger partial charge in [0, 0.05) is 29.0 Å². The van der Waals surface area contributed by atoms with Crippen LogP contribution < -0.4 is 0 Å². The van der Waals surface area contributed by atoms with Gasteiger partial charge in [-0.3, -0.25) is 4.79 Å². The van der Waals surface area contributed by atoms with E-state index >= 15 is 0 Å². The normalized spacial score (nSPS) is 20.9. The van der Waals surface area contributed by atoms with Crippen LogP contribution in [-0.4, -0.2) is 28.6 Å². The molecule has 0 N–H and O–H groups in total. The summed E-state index contributed by atoms with van der Waals surface area (Å²) < 4.78 is 6.41. The van der Waals surface area contributed by atoms with E-state index in [1.54, 1.807) is 0 Å². The molecule has 5 heteroatoms. The number of carbonyl (C=O) groups excluding carboxylic acids is 1. The SMILES string of the molecule is O=C(c1cc(C2CC2)on1)N1CCC[C@@H]1Cc1ccc(Br)cc1. The Labute approximate surface area is 144 Å². The number of aromatic nitrogens is 1. The fourth-order valence-electron chi connectivity index (χ4n) is 3.31. The van der Waals surface area contributed by atoms with Crippen LogP contribution in [0.1, 0.15) is 53.4 Å². The number of benzene rings is 1. The number of amides is 1. The monoisotopic (exact) mass is 374 g/mol. The van der Waals surface area contributed by atoms with Crippen LogP contribution in [0.15, 0.2) is 39.3 Å². The van der Waals surface area contributed by atoms with Gasteiger partial charge in [-0.15, -0.1) is 0 Å². The molecule has 120 valence electrons. The molecule has 23 heavy (non-hydrogen) atoms. The van der Waals surface area contributed by atoms with Crippen molar-refractivity contribution in [1.82, 2.24) is 10.1 Å². The van der Waals surface area contributed by atoms with Crippen molar-refractivity contribution in [3.63, 3.8) is 0 Å². The molecule has 4 nitrogen and oxygen atoms in total. The van der Waals surface area contributed by atoms with E-state index in [1.807, 2.05) is 11.0 Å². The maximum atomic E-state index is 12.8. The molecular formula is C18H19BrN2O2. The molecule has 1 atom stereocenters. The first-order valence-electron chi connectivity index (χ1n) is 8.23. The summed E-state index contributed by atoms with van der Waals surface area (Å²) in [4.78, 5) is 14.7. The molecule has 0 radical (unpaired) electrons. The highest BCUT2D eigenvalue weighted by Crippen LogP contribution is 2.40. The summed E-state index contributed by atoms with van der Waals surface area (Å²) in [5.41, 5.74) is 1.73. The van der Waals surface area contributed by atoms with Gasteiger partial charge in [0.15, 0.2) is 5.69 Å². The Kier molecular flexibility index (Phi) is 3.97. The van der Waals surface area contributed by atoms with Crippen molar-refractivity contribution in [3.8, 4) is 0 Å². The number of halogens is 1.